The second kappa shape index (κ2) is 8.35. The Morgan fingerprint density at radius 3 is 2.71 bits per heavy atom. The van der Waals surface area contributed by atoms with Crippen molar-refractivity contribution in [3.8, 4) is 5.75 Å². The van der Waals surface area contributed by atoms with E-state index >= 15 is 0 Å². The normalized spacial score (nSPS) is 17.7. The second-order valence-corrected chi connectivity index (χ2v) is 5.69. The fraction of sp³-hybridized carbons (Fsp3) is 0.647. The van der Waals surface area contributed by atoms with E-state index in [4.69, 9.17) is 4.74 Å². The maximum Gasteiger partial charge on any atom is 0.165 e. The van der Waals surface area contributed by atoms with Crippen LogP contribution in [0.15, 0.2) is 18.2 Å². The number of halogens is 1. The predicted molar refractivity (Wildman–Crippen MR) is 84.3 cm³/mol. The van der Waals surface area contributed by atoms with Gasteiger partial charge in [0.1, 0.15) is 0 Å². The van der Waals surface area contributed by atoms with Crippen molar-refractivity contribution in [3.63, 3.8) is 0 Å². The van der Waals surface area contributed by atoms with Crippen LogP contribution in [0, 0.1) is 5.82 Å². The van der Waals surface area contributed by atoms with E-state index < -0.39 is 0 Å². The summed E-state index contributed by atoms with van der Waals surface area (Å²) >= 11 is 0. The molecule has 21 heavy (non-hydrogen) atoms. The lowest BCUT2D eigenvalue weighted by atomic mass is 9.98. The molecule has 1 aromatic rings. The topological polar surface area (TPSA) is 24.5 Å². The highest BCUT2D eigenvalue weighted by molar-refractivity contribution is 5.32. The van der Waals surface area contributed by atoms with Crippen LogP contribution in [-0.2, 0) is 0 Å². The van der Waals surface area contributed by atoms with Gasteiger partial charge in [0.15, 0.2) is 11.6 Å². The molecule has 1 fully saturated rings. The third-order valence-corrected chi connectivity index (χ3v) is 4.23. The van der Waals surface area contributed by atoms with Gasteiger partial charge in [0.2, 0.25) is 0 Å². The summed E-state index contributed by atoms with van der Waals surface area (Å²) in [5.74, 6) is 0.0667. The Bertz CT molecular complexity index is 433. The number of ether oxygens (including phenoxy) is 1. The molecule has 0 aliphatic carbocycles. The Labute approximate surface area is 127 Å². The molecule has 1 aliphatic rings. The van der Waals surface area contributed by atoms with Crippen molar-refractivity contribution in [2.75, 3.05) is 33.3 Å². The molecule has 118 valence electrons. The van der Waals surface area contributed by atoms with Crippen LogP contribution in [0.3, 0.4) is 0 Å². The van der Waals surface area contributed by atoms with Gasteiger partial charge in [-0.25, -0.2) is 4.39 Å². The quantitative estimate of drug-likeness (QED) is 0.780. The van der Waals surface area contributed by atoms with Crippen LogP contribution in [0.1, 0.15) is 44.2 Å². The summed E-state index contributed by atoms with van der Waals surface area (Å²) in [6.07, 6.45) is 4.81. The van der Waals surface area contributed by atoms with Gasteiger partial charge in [0.25, 0.3) is 0 Å². The van der Waals surface area contributed by atoms with Crippen molar-refractivity contribution in [2.45, 2.75) is 38.6 Å². The molecule has 0 spiro atoms. The predicted octanol–water partition coefficient (Wildman–Crippen LogP) is 3.36. The molecular weight excluding hydrogens is 267 g/mol. The Kier molecular flexibility index (Phi) is 6.46. The van der Waals surface area contributed by atoms with Crippen LogP contribution in [0.4, 0.5) is 4.39 Å². The number of piperazine rings is 1. The van der Waals surface area contributed by atoms with E-state index in [0.717, 1.165) is 32.6 Å². The van der Waals surface area contributed by atoms with Gasteiger partial charge in [-0.2, -0.15) is 0 Å². The highest BCUT2D eigenvalue weighted by atomic mass is 19.1. The maximum absolute atomic E-state index is 13.6. The van der Waals surface area contributed by atoms with Gasteiger partial charge in [-0.1, -0.05) is 32.3 Å². The monoisotopic (exact) mass is 294 g/mol. The van der Waals surface area contributed by atoms with Gasteiger partial charge >= 0.3 is 0 Å². The minimum Gasteiger partial charge on any atom is -0.494 e. The number of rotatable bonds is 7. The smallest absolute Gasteiger partial charge is 0.165 e. The van der Waals surface area contributed by atoms with E-state index in [1.165, 1.54) is 38.0 Å². The summed E-state index contributed by atoms with van der Waals surface area (Å²) in [6, 6.07) is 5.68. The van der Waals surface area contributed by atoms with Gasteiger partial charge in [-0.3, -0.25) is 4.90 Å². The summed E-state index contributed by atoms with van der Waals surface area (Å²) in [7, 11) is 1.53. The lowest BCUT2D eigenvalue weighted by Crippen LogP contribution is -2.45. The number of nitrogens with one attached hydrogen (secondary N) is 1. The molecule has 0 saturated carbocycles. The number of hydrogen-bond acceptors (Lipinski definition) is 3. The fourth-order valence-electron chi connectivity index (χ4n) is 3.03. The average Bonchev–Trinajstić information content (AvgIpc) is 2.53. The molecule has 3 nitrogen and oxygen atoms in total. The van der Waals surface area contributed by atoms with E-state index in [-0.39, 0.29) is 5.82 Å². The molecule has 4 heteroatoms. The van der Waals surface area contributed by atoms with Crippen molar-refractivity contribution in [3.05, 3.63) is 29.6 Å². The average molecular weight is 294 g/mol. The zero-order chi connectivity index (χ0) is 15.1. The third kappa shape index (κ3) is 4.42. The highest BCUT2D eigenvalue weighted by Gasteiger charge is 2.22. The summed E-state index contributed by atoms with van der Waals surface area (Å²) in [4.78, 5) is 2.51. The second-order valence-electron chi connectivity index (χ2n) is 5.69. The SMILES string of the molecule is CCCCC[C@@H](c1ccc(F)c(OC)c1)N1CCNCC1. The van der Waals surface area contributed by atoms with E-state index in [2.05, 4.69) is 17.1 Å². The van der Waals surface area contributed by atoms with Crippen molar-refractivity contribution in [1.29, 1.82) is 0 Å². The lowest BCUT2D eigenvalue weighted by molar-refractivity contribution is 0.162. The Hall–Kier alpha value is -1.13. The Morgan fingerprint density at radius 2 is 2.05 bits per heavy atom. The largest absolute Gasteiger partial charge is 0.494 e. The molecule has 1 N–H and O–H groups in total. The number of hydrogen-bond donors (Lipinski definition) is 1. The highest BCUT2D eigenvalue weighted by Crippen LogP contribution is 2.30. The molecule has 1 aliphatic heterocycles. The Balaban J connectivity index is 2.16. The molecular formula is C17H27FN2O. The molecule has 1 atom stereocenters. The van der Waals surface area contributed by atoms with Crippen LogP contribution < -0.4 is 10.1 Å². The molecule has 1 saturated heterocycles. The lowest BCUT2D eigenvalue weighted by Gasteiger charge is -2.35. The summed E-state index contributed by atoms with van der Waals surface area (Å²) in [5.41, 5.74) is 1.17. The van der Waals surface area contributed by atoms with Crippen molar-refractivity contribution in [1.82, 2.24) is 10.2 Å². The summed E-state index contributed by atoms with van der Waals surface area (Å²) in [6.45, 7) is 6.39. The first-order valence-electron chi connectivity index (χ1n) is 8.04. The van der Waals surface area contributed by atoms with Gasteiger partial charge in [0, 0.05) is 32.2 Å². The van der Waals surface area contributed by atoms with Crippen LogP contribution in [0.5, 0.6) is 5.75 Å². The molecule has 1 heterocycles. The van der Waals surface area contributed by atoms with E-state index in [1.807, 2.05) is 12.1 Å². The zero-order valence-electron chi connectivity index (χ0n) is 13.2. The molecule has 2 rings (SSSR count). The van der Waals surface area contributed by atoms with Crippen LogP contribution in [0.2, 0.25) is 0 Å². The maximum atomic E-state index is 13.6. The molecule has 0 aromatic heterocycles. The molecule has 1 aromatic carbocycles. The number of benzene rings is 1. The van der Waals surface area contributed by atoms with Crippen LogP contribution >= 0.6 is 0 Å². The summed E-state index contributed by atoms with van der Waals surface area (Å²) in [5, 5.41) is 3.39. The van der Waals surface area contributed by atoms with E-state index in [1.54, 1.807) is 0 Å². The summed E-state index contributed by atoms with van der Waals surface area (Å²) < 4.78 is 18.8. The molecule has 0 bridgehead atoms. The van der Waals surface area contributed by atoms with E-state index in [9.17, 15) is 4.39 Å². The van der Waals surface area contributed by atoms with Gasteiger partial charge < -0.3 is 10.1 Å². The van der Waals surface area contributed by atoms with Gasteiger partial charge in [0.05, 0.1) is 7.11 Å². The molecule has 0 amide bonds. The first-order valence-corrected chi connectivity index (χ1v) is 8.04. The van der Waals surface area contributed by atoms with Crippen molar-refractivity contribution >= 4 is 0 Å². The van der Waals surface area contributed by atoms with Crippen molar-refractivity contribution < 1.29 is 9.13 Å². The zero-order valence-corrected chi connectivity index (χ0v) is 13.2. The van der Waals surface area contributed by atoms with Gasteiger partial charge in [-0.15, -0.1) is 0 Å². The third-order valence-electron chi connectivity index (χ3n) is 4.23. The minimum atomic E-state index is -0.283. The Morgan fingerprint density at radius 1 is 1.29 bits per heavy atom. The number of methoxy groups -OCH3 is 1. The molecule has 0 radical (unpaired) electrons. The standard InChI is InChI=1S/C17H27FN2O/c1-3-4-5-6-16(20-11-9-19-10-12-20)14-7-8-15(18)17(13-14)21-2/h7-8,13,16,19H,3-6,9-12H2,1-2H3/t16-/m0/s1. The van der Waals surface area contributed by atoms with Crippen LogP contribution in [0.25, 0.3) is 0 Å². The van der Waals surface area contributed by atoms with Crippen LogP contribution in [-0.4, -0.2) is 38.2 Å². The first-order chi connectivity index (χ1) is 10.3. The first kappa shape index (κ1) is 16.2. The fourth-order valence-corrected chi connectivity index (χ4v) is 3.03. The van der Waals surface area contributed by atoms with Crippen molar-refractivity contribution in [2.24, 2.45) is 0 Å². The number of nitrogens with zero attached hydrogens (tertiary/aromatic N) is 1. The molecule has 0 unspecified atom stereocenters. The minimum absolute atomic E-state index is 0.283. The van der Waals surface area contributed by atoms with Gasteiger partial charge in [-0.05, 0) is 24.1 Å². The van der Waals surface area contributed by atoms with E-state index in [0.29, 0.717) is 11.8 Å². The number of unbranched alkanes of at least 4 members (excludes halogenated alkanes) is 2.